The van der Waals surface area contributed by atoms with Crippen molar-refractivity contribution in [2.45, 2.75) is 58.0 Å². The molecule has 2 aliphatic rings. The third-order valence-corrected chi connectivity index (χ3v) is 6.12. The van der Waals surface area contributed by atoms with Gasteiger partial charge >= 0.3 is 12.0 Å². The Hall–Kier alpha value is -4.49. The van der Waals surface area contributed by atoms with Crippen molar-refractivity contribution in [1.82, 2.24) is 25.8 Å². The standard InChI is InChI=1S/C25H32N6O8/c1-15(2)12-20(33)26-17-7-5-16(6-8-17)23(37)28-29-11-9-21(34)30-10-3-4-19(31(30)25(29)39)24(38)27-18(14-32)13-22(35)36/h5-8,14-15,18-19H,3-4,9-13H2,1-2H3,(H,26,33)(H,27,38)(H,28,37)(H,35,36)/t18-,19-/m0/s1. The summed E-state index contributed by atoms with van der Waals surface area (Å²) >= 11 is 0. The molecule has 0 aliphatic carbocycles. The first kappa shape index (κ1) is 29.1. The number of hydrazine groups is 2. The summed E-state index contributed by atoms with van der Waals surface area (Å²) in [5, 5.41) is 17.0. The Morgan fingerprint density at radius 1 is 1.08 bits per heavy atom. The molecule has 14 nitrogen and oxygen atoms in total. The number of carbonyl (C=O) groups is 7. The van der Waals surface area contributed by atoms with Crippen LogP contribution in [-0.2, 0) is 24.0 Å². The number of aldehydes is 1. The van der Waals surface area contributed by atoms with E-state index in [1.54, 1.807) is 12.1 Å². The quantitative estimate of drug-likeness (QED) is 0.307. The van der Waals surface area contributed by atoms with Crippen LogP contribution in [-0.4, -0.2) is 87.2 Å². The van der Waals surface area contributed by atoms with Gasteiger partial charge in [0.25, 0.3) is 5.91 Å². The number of hydrogen-bond donors (Lipinski definition) is 4. The van der Waals surface area contributed by atoms with E-state index < -0.39 is 48.2 Å². The van der Waals surface area contributed by atoms with Gasteiger partial charge in [0.2, 0.25) is 17.7 Å². The molecule has 0 bridgehead atoms. The monoisotopic (exact) mass is 544 g/mol. The molecule has 6 amide bonds. The van der Waals surface area contributed by atoms with Crippen molar-refractivity contribution in [1.29, 1.82) is 0 Å². The lowest BCUT2D eigenvalue weighted by molar-refractivity contribution is -0.155. The number of hydrogen-bond acceptors (Lipinski definition) is 7. The van der Waals surface area contributed by atoms with E-state index in [0.29, 0.717) is 18.5 Å². The molecule has 2 aliphatic heterocycles. The molecule has 4 N–H and O–H groups in total. The predicted octanol–water partition coefficient (Wildman–Crippen LogP) is 0.508. The summed E-state index contributed by atoms with van der Waals surface area (Å²) in [4.78, 5) is 86.3. The zero-order valence-electron chi connectivity index (χ0n) is 21.7. The van der Waals surface area contributed by atoms with Crippen molar-refractivity contribution in [3.8, 4) is 0 Å². The maximum atomic E-state index is 13.5. The Labute approximate surface area is 224 Å². The first-order chi connectivity index (χ1) is 18.5. The summed E-state index contributed by atoms with van der Waals surface area (Å²) in [5.41, 5.74) is 3.16. The Bertz CT molecular complexity index is 1140. The third kappa shape index (κ3) is 7.52. The number of aliphatic carboxylic acids is 1. The van der Waals surface area contributed by atoms with Gasteiger partial charge in [-0.1, -0.05) is 13.8 Å². The Balaban J connectivity index is 1.73. The van der Waals surface area contributed by atoms with Crippen LogP contribution in [0, 0.1) is 5.92 Å². The Morgan fingerprint density at radius 2 is 1.77 bits per heavy atom. The highest BCUT2D eigenvalue weighted by molar-refractivity contribution is 5.98. The summed E-state index contributed by atoms with van der Waals surface area (Å²) in [6, 6.07) is 2.71. The first-order valence-electron chi connectivity index (χ1n) is 12.6. The SMILES string of the molecule is CC(C)CC(=O)Nc1ccc(C(=O)NN2CCC(=O)N3CCC[C@@H](C(=O)N[C@H](C=O)CC(=O)O)N3C2=O)cc1. The van der Waals surface area contributed by atoms with Crippen molar-refractivity contribution in [3.63, 3.8) is 0 Å². The van der Waals surface area contributed by atoms with E-state index in [9.17, 15) is 33.6 Å². The smallest absolute Gasteiger partial charge is 0.358 e. The minimum atomic E-state index is -1.31. The van der Waals surface area contributed by atoms with Gasteiger partial charge in [0, 0.05) is 30.6 Å². The van der Waals surface area contributed by atoms with Crippen LogP contribution in [0.15, 0.2) is 24.3 Å². The number of carboxylic acids is 1. The number of rotatable bonds is 10. The molecule has 2 heterocycles. The van der Waals surface area contributed by atoms with Crippen molar-refractivity contribution in [2.75, 3.05) is 18.4 Å². The number of carbonyl (C=O) groups excluding carboxylic acids is 6. The molecule has 210 valence electrons. The van der Waals surface area contributed by atoms with Crippen LogP contribution >= 0.6 is 0 Å². The molecule has 0 radical (unpaired) electrons. The molecule has 0 aromatic heterocycles. The molecule has 0 unspecified atom stereocenters. The van der Waals surface area contributed by atoms with Crippen molar-refractivity contribution in [3.05, 3.63) is 29.8 Å². The van der Waals surface area contributed by atoms with E-state index in [0.717, 1.165) is 15.0 Å². The number of urea groups is 1. The zero-order chi connectivity index (χ0) is 28.7. The fraction of sp³-hybridized carbons (Fsp3) is 0.480. The molecule has 0 spiro atoms. The number of carboxylic acid groups (broad SMARTS) is 1. The molecule has 0 saturated carbocycles. The van der Waals surface area contributed by atoms with E-state index >= 15 is 0 Å². The molecular weight excluding hydrogens is 512 g/mol. The maximum Gasteiger partial charge on any atom is 0.358 e. The van der Waals surface area contributed by atoms with E-state index in [-0.39, 0.29) is 49.6 Å². The first-order valence-corrected chi connectivity index (χ1v) is 12.6. The molecule has 14 heteroatoms. The van der Waals surface area contributed by atoms with Crippen LogP contribution in [0.2, 0.25) is 0 Å². The average Bonchev–Trinajstić information content (AvgIpc) is 2.99. The molecule has 3 rings (SSSR count). The molecule has 1 aromatic rings. The van der Waals surface area contributed by atoms with Crippen molar-refractivity contribution in [2.24, 2.45) is 5.92 Å². The van der Waals surface area contributed by atoms with Gasteiger partial charge in [-0.3, -0.25) is 29.4 Å². The van der Waals surface area contributed by atoms with E-state index in [2.05, 4.69) is 16.1 Å². The fourth-order valence-electron chi connectivity index (χ4n) is 4.29. The van der Waals surface area contributed by atoms with Gasteiger partial charge in [0.05, 0.1) is 19.0 Å². The average molecular weight is 545 g/mol. The largest absolute Gasteiger partial charge is 0.481 e. The summed E-state index contributed by atoms with van der Waals surface area (Å²) in [6.45, 7) is 3.87. The number of amides is 6. The van der Waals surface area contributed by atoms with Crippen LogP contribution in [0.1, 0.15) is 56.3 Å². The lowest BCUT2D eigenvalue weighted by atomic mass is 10.1. The van der Waals surface area contributed by atoms with Crippen LogP contribution in [0.5, 0.6) is 0 Å². The second-order valence-electron chi connectivity index (χ2n) is 9.72. The van der Waals surface area contributed by atoms with Crippen LogP contribution in [0.3, 0.4) is 0 Å². The summed E-state index contributed by atoms with van der Waals surface area (Å²) in [5.74, 6) is -3.14. The van der Waals surface area contributed by atoms with Gasteiger partial charge in [-0.05, 0) is 43.0 Å². The van der Waals surface area contributed by atoms with Gasteiger partial charge in [-0.25, -0.2) is 19.8 Å². The molecule has 2 saturated heterocycles. The lowest BCUT2D eigenvalue weighted by Crippen LogP contribution is -2.64. The summed E-state index contributed by atoms with van der Waals surface area (Å²) in [7, 11) is 0. The van der Waals surface area contributed by atoms with E-state index in [1.165, 1.54) is 12.1 Å². The molecule has 2 atom stereocenters. The molecular formula is C25H32N6O8. The third-order valence-electron chi connectivity index (χ3n) is 6.12. The maximum absolute atomic E-state index is 13.5. The Kier molecular flexibility index (Phi) is 9.57. The second kappa shape index (κ2) is 12.8. The number of nitrogens with zero attached hydrogens (tertiary/aromatic N) is 3. The fourth-order valence-corrected chi connectivity index (χ4v) is 4.29. The molecule has 2 fully saturated rings. The van der Waals surface area contributed by atoms with Gasteiger partial charge in [0.1, 0.15) is 12.3 Å². The lowest BCUT2D eigenvalue weighted by Gasteiger charge is -2.42. The van der Waals surface area contributed by atoms with Gasteiger partial charge in [0.15, 0.2) is 0 Å². The second-order valence-corrected chi connectivity index (χ2v) is 9.72. The van der Waals surface area contributed by atoms with Crippen LogP contribution in [0.25, 0.3) is 0 Å². The van der Waals surface area contributed by atoms with Gasteiger partial charge < -0.3 is 20.5 Å². The van der Waals surface area contributed by atoms with E-state index in [4.69, 9.17) is 5.11 Å². The highest BCUT2D eigenvalue weighted by Crippen LogP contribution is 2.24. The number of fused-ring (bicyclic) bond motifs is 1. The van der Waals surface area contributed by atoms with Crippen molar-refractivity contribution < 1.29 is 38.7 Å². The minimum Gasteiger partial charge on any atom is -0.481 e. The zero-order valence-corrected chi connectivity index (χ0v) is 21.7. The highest BCUT2D eigenvalue weighted by atomic mass is 16.4. The normalized spacial score (nSPS) is 18.1. The van der Waals surface area contributed by atoms with Crippen LogP contribution < -0.4 is 16.1 Å². The number of anilines is 1. The number of nitrogens with one attached hydrogen (secondary N) is 3. The van der Waals surface area contributed by atoms with Crippen molar-refractivity contribution >= 4 is 47.6 Å². The summed E-state index contributed by atoms with van der Waals surface area (Å²) in [6.07, 6.45) is 0.431. The van der Waals surface area contributed by atoms with Gasteiger partial charge in [-0.15, -0.1) is 0 Å². The number of benzene rings is 1. The summed E-state index contributed by atoms with van der Waals surface area (Å²) < 4.78 is 0. The topological polar surface area (TPSA) is 186 Å². The predicted molar refractivity (Wildman–Crippen MR) is 136 cm³/mol. The molecule has 1 aromatic carbocycles. The Morgan fingerprint density at radius 3 is 2.38 bits per heavy atom. The minimum absolute atomic E-state index is 0.117. The van der Waals surface area contributed by atoms with E-state index in [1.807, 2.05) is 13.8 Å². The molecule has 39 heavy (non-hydrogen) atoms. The highest BCUT2D eigenvalue weighted by Gasteiger charge is 2.44. The van der Waals surface area contributed by atoms with Crippen LogP contribution in [0.4, 0.5) is 10.5 Å². The van der Waals surface area contributed by atoms with Gasteiger partial charge in [-0.2, -0.15) is 0 Å².